The second kappa shape index (κ2) is 7.73. The Bertz CT molecular complexity index is 840. The molecule has 1 aromatic carbocycles. The average Bonchev–Trinajstić information content (AvgIpc) is 3.16. The standard InChI is InChI=1S/C20H24N4O4/c1-14-13-17(18(25)22-15-3-5-16(26-2)6-4-15)23-19(21-14)24-9-7-20(8-10-24)27-11-12-28-20/h3-6,13H,7-12H2,1-2H3,(H,22,25). The van der Waals surface area contributed by atoms with Crippen LogP contribution in [0.5, 0.6) is 5.75 Å². The smallest absolute Gasteiger partial charge is 0.274 e. The van der Waals surface area contributed by atoms with Crippen molar-refractivity contribution in [1.82, 2.24) is 9.97 Å². The molecule has 2 saturated heterocycles. The number of piperidine rings is 1. The molecule has 1 spiro atoms. The number of aryl methyl sites for hydroxylation is 1. The summed E-state index contributed by atoms with van der Waals surface area (Å²) in [7, 11) is 1.60. The van der Waals surface area contributed by atoms with Crippen LogP contribution in [0.25, 0.3) is 0 Å². The highest BCUT2D eigenvalue weighted by molar-refractivity contribution is 6.03. The summed E-state index contributed by atoms with van der Waals surface area (Å²) in [5, 5.41) is 2.86. The minimum atomic E-state index is -0.450. The summed E-state index contributed by atoms with van der Waals surface area (Å²) in [6.07, 6.45) is 1.52. The van der Waals surface area contributed by atoms with Gasteiger partial charge in [-0.05, 0) is 37.3 Å². The van der Waals surface area contributed by atoms with Gasteiger partial charge >= 0.3 is 0 Å². The molecule has 0 aliphatic carbocycles. The third-order valence-corrected chi connectivity index (χ3v) is 5.04. The number of amides is 1. The molecular formula is C20H24N4O4. The fourth-order valence-electron chi connectivity index (χ4n) is 3.51. The Labute approximate surface area is 163 Å². The van der Waals surface area contributed by atoms with E-state index in [4.69, 9.17) is 14.2 Å². The van der Waals surface area contributed by atoms with Gasteiger partial charge in [0.1, 0.15) is 11.4 Å². The zero-order chi connectivity index (χ0) is 19.6. The molecule has 0 unspecified atom stereocenters. The Balaban J connectivity index is 1.46. The maximum atomic E-state index is 12.7. The van der Waals surface area contributed by atoms with E-state index in [9.17, 15) is 4.79 Å². The van der Waals surface area contributed by atoms with Gasteiger partial charge in [-0.25, -0.2) is 9.97 Å². The lowest BCUT2D eigenvalue weighted by atomic mass is 10.0. The number of ether oxygens (including phenoxy) is 3. The number of benzene rings is 1. The molecule has 0 bridgehead atoms. The highest BCUT2D eigenvalue weighted by Gasteiger charge is 2.40. The van der Waals surface area contributed by atoms with Crippen LogP contribution in [-0.2, 0) is 9.47 Å². The number of anilines is 2. The highest BCUT2D eigenvalue weighted by atomic mass is 16.7. The topological polar surface area (TPSA) is 85.8 Å². The van der Waals surface area contributed by atoms with E-state index < -0.39 is 5.79 Å². The van der Waals surface area contributed by atoms with Crippen molar-refractivity contribution in [2.24, 2.45) is 0 Å². The van der Waals surface area contributed by atoms with Crippen LogP contribution < -0.4 is 15.0 Å². The van der Waals surface area contributed by atoms with E-state index >= 15 is 0 Å². The Hall–Kier alpha value is -2.71. The van der Waals surface area contributed by atoms with Crippen molar-refractivity contribution in [3.05, 3.63) is 41.7 Å². The van der Waals surface area contributed by atoms with Gasteiger partial charge in [0.15, 0.2) is 5.79 Å². The van der Waals surface area contributed by atoms with Gasteiger partial charge < -0.3 is 24.4 Å². The van der Waals surface area contributed by atoms with Crippen LogP contribution in [-0.4, -0.2) is 55.1 Å². The van der Waals surface area contributed by atoms with Crippen LogP contribution in [0.1, 0.15) is 29.0 Å². The number of aromatic nitrogens is 2. The highest BCUT2D eigenvalue weighted by Crippen LogP contribution is 2.32. The first-order chi connectivity index (χ1) is 13.6. The molecule has 1 aromatic heterocycles. The van der Waals surface area contributed by atoms with Crippen LogP contribution >= 0.6 is 0 Å². The zero-order valence-corrected chi connectivity index (χ0v) is 16.1. The average molecular weight is 384 g/mol. The number of nitrogens with one attached hydrogen (secondary N) is 1. The number of hydrogen-bond acceptors (Lipinski definition) is 7. The third-order valence-electron chi connectivity index (χ3n) is 5.04. The van der Waals surface area contributed by atoms with Gasteiger partial charge in [0.25, 0.3) is 5.91 Å². The van der Waals surface area contributed by atoms with E-state index in [1.54, 1.807) is 37.4 Å². The molecule has 2 aromatic rings. The first kappa shape index (κ1) is 18.6. The summed E-state index contributed by atoms with van der Waals surface area (Å²) in [5.41, 5.74) is 1.77. The van der Waals surface area contributed by atoms with Crippen molar-refractivity contribution >= 4 is 17.5 Å². The number of carbonyl (C=O) groups is 1. The fraction of sp³-hybridized carbons (Fsp3) is 0.450. The van der Waals surface area contributed by atoms with Crippen LogP contribution in [0.15, 0.2) is 30.3 Å². The lowest BCUT2D eigenvalue weighted by Crippen LogP contribution is -2.45. The molecule has 3 heterocycles. The fourth-order valence-corrected chi connectivity index (χ4v) is 3.51. The molecule has 2 fully saturated rings. The summed E-state index contributed by atoms with van der Waals surface area (Å²) in [4.78, 5) is 23.8. The molecular weight excluding hydrogens is 360 g/mol. The number of methoxy groups -OCH3 is 1. The van der Waals surface area contributed by atoms with Gasteiger partial charge in [0.2, 0.25) is 5.95 Å². The van der Waals surface area contributed by atoms with Gasteiger partial charge in [-0.1, -0.05) is 0 Å². The Morgan fingerprint density at radius 2 is 1.82 bits per heavy atom. The number of hydrogen-bond donors (Lipinski definition) is 1. The minimum absolute atomic E-state index is 0.271. The van der Waals surface area contributed by atoms with E-state index in [0.717, 1.165) is 37.4 Å². The van der Waals surface area contributed by atoms with Gasteiger partial charge in [0.05, 0.1) is 20.3 Å². The molecule has 1 amide bonds. The maximum Gasteiger partial charge on any atom is 0.274 e. The summed E-state index contributed by atoms with van der Waals surface area (Å²) in [6.45, 7) is 4.61. The second-order valence-electron chi connectivity index (χ2n) is 6.97. The van der Waals surface area contributed by atoms with Crippen LogP contribution in [0.2, 0.25) is 0 Å². The Kier molecular flexibility index (Phi) is 5.15. The molecule has 0 saturated carbocycles. The maximum absolute atomic E-state index is 12.7. The molecule has 148 valence electrons. The Morgan fingerprint density at radius 3 is 2.46 bits per heavy atom. The monoisotopic (exact) mass is 384 g/mol. The van der Waals surface area contributed by atoms with Gasteiger partial charge in [-0.3, -0.25) is 4.79 Å². The molecule has 2 aliphatic rings. The molecule has 8 heteroatoms. The third kappa shape index (κ3) is 3.93. The predicted octanol–water partition coefficient (Wildman–Crippen LogP) is 2.39. The van der Waals surface area contributed by atoms with Crippen molar-refractivity contribution in [2.75, 3.05) is 43.6 Å². The number of carbonyl (C=O) groups excluding carboxylic acids is 1. The van der Waals surface area contributed by atoms with E-state index in [1.165, 1.54) is 0 Å². The Morgan fingerprint density at radius 1 is 1.14 bits per heavy atom. The lowest BCUT2D eigenvalue weighted by molar-refractivity contribution is -0.169. The molecule has 4 rings (SSSR count). The van der Waals surface area contributed by atoms with Crippen LogP contribution in [0.4, 0.5) is 11.6 Å². The first-order valence-electron chi connectivity index (χ1n) is 9.41. The van der Waals surface area contributed by atoms with Crippen molar-refractivity contribution < 1.29 is 19.0 Å². The molecule has 2 aliphatic heterocycles. The SMILES string of the molecule is COc1ccc(NC(=O)c2cc(C)nc(N3CCC4(CC3)OCCO4)n2)cc1. The summed E-state index contributed by atoms with van der Waals surface area (Å²) in [6, 6.07) is 8.86. The first-order valence-corrected chi connectivity index (χ1v) is 9.41. The van der Waals surface area contributed by atoms with Crippen molar-refractivity contribution in [1.29, 1.82) is 0 Å². The van der Waals surface area contributed by atoms with Gasteiger partial charge in [-0.2, -0.15) is 0 Å². The minimum Gasteiger partial charge on any atom is -0.497 e. The zero-order valence-electron chi connectivity index (χ0n) is 16.1. The largest absolute Gasteiger partial charge is 0.497 e. The quantitative estimate of drug-likeness (QED) is 0.866. The summed E-state index contributed by atoms with van der Waals surface area (Å²) < 4.78 is 16.7. The van der Waals surface area contributed by atoms with Crippen molar-refractivity contribution in [3.8, 4) is 5.75 Å². The number of nitrogens with zero attached hydrogens (tertiary/aromatic N) is 3. The summed E-state index contributed by atoms with van der Waals surface area (Å²) >= 11 is 0. The van der Waals surface area contributed by atoms with Gasteiger partial charge in [-0.15, -0.1) is 0 Å². The van der Waals surface area contributed by atoms with Crippen LogP contribution in [0, 0.1) is 6.92 Å². The van der Waals surface area contributed by atoms with E-state index in [-0.39, 0.29) is 5.91 Å². The lowest BCUT2D eigenvalue weighted by Gasteiger charge is -2.37. The van der Waals surface area contributed by atoms with Gasteiger partial charge in [0, 0.05) is 37.3 Å². The second-order valence-corrected chi connectivity index (χ2v) is 6.97. The molecule has 28 heavy (non-hydrogen) atoms. The molecule has 0 atom stereocenters. The van der Waals surface area contributed by atoms with E-state index in [1.807, 2.05) is 6.92 Å². The van der Waals surface area contributed by atoms with E-state index in [0.29, 0.717) is 30.5 Å². The molecule has 0 radical (unpaired) electrons. The van der Waals surface area contributed by atoms with Crippen molar-refractivity contribution in [3.63, 3.8) is 0 Å². The predicted molar refractivity (Wildman–Crippen MR) is 104 cm³/mol. The normalized spacial score (nSPS) is 18.3. The molecule has 8 nitrogen and oxygen atoms in total. The van der Waals surface area contributed by atoms with Crippen LogP contribution in [0.3, 0.4) is 0 Å². The van der Waals surface area contributed by atoms with Crippen molar-refractivity contribution in [2.45, 2.75) is 25.6 Å². The van der Waals surface area contributed by atoms with E-state index in [2.05, 4.69) is 20.2 Å². The number of rotatable bonds is 4. The molecule has 1 N–H and O–H groups in total. The summed E-state index contributed by atoms with van der Waals surface area (Å²) in [5.74, 6) is 0.575.